The minimum atomic E-state index is -0.951. The lowest BCUT2D eigenvalue weighted by atomic mass is 9.66. The predicted octanol–water partition coefficient (Wildman–Crippen LogP) is 3.03. The van der Waals surface area contributed by atoms with Crippen LogP contribution in [0.4, 0.5) is 8.78 Å². The van der Waals surface area contributed by atoms with E-state index in [-0.39, 0.29) is 35.7 Å². The maximum absolute atomic E-state index is 14.5. The molecule has 1 aromatic carbocycles. The van der Waals surface area contributed by atoms with E-state index in [1.54, 1.807) is 18.5 Å². The Labute approximate surface area is 211 Å². The predicted molar refractivity (Wildman–Crippen MR) is 128 cm³/mol. The second-order valence-electron chi connectivity index (χ2n) is 10.3. The monoisotopic (exact) mass is 505 g/mol. The van der Waals surface area contributed by atoms with Crippen LogP contribution in [0, 0.1) is 17.0 Å². The molecule has 0 aliphatic heterocycles. The van der Waals surface area contributed by atoms with Crippen LogP contribution in [0.25, 0.3) is 22.8 Å². The van der Waals surface area contributed by atoms with Crippen LogP contribution in [0.2, 0.25) is 0 Å². The number of nitrogens with zero attached hydrogens (tertiary/aromatic N) is 7. The van der Waals surface area contributed by atoms with Gasteiger partial charge < -0.3 is 10.2 Å². The molecule has 4 aromatic rings. The summed E-state index contributed by atoms with van der Waals surface area (Å²) < 4.78 is 30.4. The molecule has 6 rings (SSSR count). The second-order valence-corrected chi connectivity index (χ2v) is 10.3. The summed E-state index contributed by atoms with van der Waals surface area (Å²) in [5.41, 5.74) is 2.07. The fourth-order valence-electron chi connectivity index (χ4n) is 6.24. The molecule has 0 radical (unpaired) electrons. The van der Waals surface area contributed by atoms with Crippen LogP contribution in [-0.4, -0.2) is 58.1 Å². The van der Waals surface area contributed by atoms with E-state index < -0.39 is 23.2 Å². The van der Waals surface area contributed by atoms with E-state index in [0.717, 1.165) is 29.8 Å². The zero-order valence-electron chi connectivity index (χ0n) is 20.3. The summed E-state index contributed by atoms with van der Waals surface area (Å²) in [5, 5.41) is 35.8. The lowest BCUT2D eigenvalue weighted by Gasteiger charge is -2.37. The third-order valence-electron chi connectivity index (χ3n) is 8.07. The summed E-state index contributed by atoms with van der Waals surface area (Å²) in [4.78, 5) is 9.28. The second kappa shape index (κ2) is 8.42. The van der Waals surface area contributed by atoms with Crippen LogP contribution in [0.5, 0.6) is 0 Å². The lowest BCUT2D eigenvalue weighted by Crippen LogP contribution is -2.38. The van der Waals surface area contributed by atoms with Crippen LogP contribution in [0.1, 0.15) is 49.6 Å². The minimum Gasteiger partial charge on any atom is -0.394 e. The highest BCUT2D eigenvalue weighted by atomic mass is 19.1. The summed E-state index contributed by atoms with van der Waals surface area (Å²) in [7, 11) is 0. The normalized spacial score (nSPS) is 22.3. The molecule has 0 amide bonds. The Morgan fingerprint density at radius 2 is 1.89 bits per heavy atom. The van der Waals surface area contributed by atoms with Crippen LogP contribution >= 0.6 is 0 Å². The largest absolute Gasteiger partial charge is 0.394 e. The van der Waals surface area contributed by atoms with Gasteiger partial charge in [0.2, 0.25) is 0 Å². The summed E-state index contributed by atoms with van der Waals surface area (Å²) in [6, 6.07) is 7.41. The first-order valence-corrected chi connectivity index (χ1v) is 12.1. The van der Waals surface area contributed by atoms with Gasteiger partial charge in [-0.1, -0.05) is 25.1 Å². The van der Waals surface area contributed by atoms with Crippen molar-refractivity contribution in [3.05, 3.63) is 71.3 Å². The number of aromatic nitrogens is 7. The molecule has 37 heavy (non-hydrogen) atoms. The van der Waals surface area contributed by atoms with Gasteiger partial charge in [0.1, 0.15) is 17.3 Å². The van der Waals surface area contributed by atoms with E-state index in [0.29, 0.717) is 11.5 Å². The van der Waals surface area contributed by atoms with Gasteiger partial charge in [0.25, 0.3) is 0 Å². The van der Waals surface area contributed by atoms with Crippen molar-refractivity contribution in [2.45, 2.75) is 50.7 Å². The van der Waals surface area contributed by atoms with Crippen molar-refractivity contribution < 1.29 is 19.0 Å². The summed E-state index contributed by atoms with van der Waals surface area (Å²) in [5.74, 6) is -0.856. The molecule has 3 heterocycles. The van der Waals surface area contributed by atoms with Gasteiger partial charge >= 0.3 is 0 Å². The number of benzene rings is 1. The number of aliphatic hydroxyl groups is 2. The SMILES string of the molecule is CC1(C)[C@H]2CC[C@]1(c1ccnc(-c3cn(C[C@@H](O)CO)nn3)n1)c1nnc(-c3c(F)cccc3F)cc12. The maximum Gasteiger partial charge on any atom is 0.181 e. The first kappa shape index (κ1) is 23.7. The highest BCUT2D eigenvalue weighted by Gasteiger charge is 2.65. The van der Waals surface area contributed by atoms with Crippen molar-refractivity contribution >= 4 is 0 Å². The quantitative estimate of drug-likeness (QED) is 0.410. The molecule has 190 valence electrons. The van der Waals surface area contributed by atoms with Crippen molar-refractivity contribution in [3.63, 3.8) is 0 Å². The molecule has 0 unspecified atom stereocenters. The molecule has 1 fully saturated rings. The van der Waals surface area contributed by atoms with Crippen molar-refractivity contribution in [2.24, 2.45) is 5.41 Å². The Balaban J connectivity index is 1.43. The Hall–Kier alpha value is -3.70. The molecule has 9 nitrogen and oxygen atoms in total. The first-order valence-electron chi connectivity index (χ1n) is 12.1. The lowest BCUT2D eigenvalue weighted by molar-refractivity contribution is 0.0778. The van der Waals surface area contributed by atoms with Gasteiger partial charge in [0.15, 0.2) is 5.82 Å². The molecule has 1 saturated carbocycles. The zero-order chi connectivity index (χ0) is 25.9. The van der Waals surface area contributed by atoms with Crippen LogP contribution < -0.4 is 0 Å². The Kier molecular flexibility index (Phi) is 5.39. The highest BCUT2D eigenvalue weighted by Crippen LogP contribution is 2.69. The number of fused-ring (bicyclic) bond motifs is 5. The minimum absolute atomic E-state index is 0.0930. The number of aliphatic hydroxyl groups excluding tert-OH is 2. The molecular weight excluding hydrogens is 480 g/mol. The van der Waals surface area contributed by atoms with E-state index in [1.807, 2.05) is 6.07 Å². The standard InChI is InChI=1S/C26H25F2N7O2/c1-25(2)16-6-8-26(25,23-15(16)10-19(31-33-23)22-17(27)4-3-5-18(22)28)21-7-9-29-24(30-21)20-12-35(34-32-20)11-14(37)13-36/h3-5,7,9-10,12,14,16,36-37H,6,8,11,13H2,1-2H3/t14-,16+,26+/m1/s1. The van der Waals surface area contributed by atoms with E-state index in [2.05, 4.69) is 39.3 Å². The molecular formula is C26H25F2N7O2. The molecule has 0 saturated heterocycles. The zero-order valence-corrected chi connectivity index (χ0v) is 20.3. The molecule has 2 aliphatic carbocycles. The van der Waals surface area contributed by atoms with Gasteiger partial charge in [-0.15, -0.1) is 10.2 Å². The fourth-order valence-corrected chi connectivity index (χ4v) is 6.24. The number of halogens is 2. The average Bonchev–Trinajstić information content (AvgIpc) is 3.51. The topological polar surface area (TPSA) is 123 Å². The van der Waals surface area contributed by atoms with Crippen molar-refractivity contribution in [2.75, 3.05) is 6.61 Å². The Morgan fingerprint density at radius 1 is 1.11 bits per heavy atom. The molecule has 3 atom stereocenters. The van der Waals surface area contributed by atoms with Crippen LogP contribution in [0.15, 0.2) is 42.7 Å². The number of rotatable bonds is 6. The molecule has 11 heteroatoms. The van der Waals surface area contributed by atoms with Crippen molar-refractivity contribution in [3.8, 4) is 22.8 Å². The molecule has 2 aliphatic rings. The van der Waals surface area contributed by atoms with E-state index in [1.165, 1.54) is 22.9 Å². The Bertz CT molecular complexity index is 1490. The van der Waals surface area contributed by atoms with Crippen molar-refractivity contribution in [1.29, 1.82) is 0 Å². The highest BCUT2D eigenvalue weighted by molar-refractivity contribution is 5.64. The molecule has 2 bridgehead atoms. The summed E-state index contributed by atoms with van der Waals surface area (Å²) >= 11 is 0. The fraction of sp³-hybridized carbons (Fsp3) is 0.385. The molecule has 3 aromatic heterocycles. The smallest absolute Gasteiger partial charge is 0.181 e. The van der Waals surface area contributed by atoms with Crippen molar-refractivity contribution in [1.82, 2.24) is 35.2 Å². The van der Waals surface area contributed by atoms with Gasteiger partial charge in [0, 0.05) is 6.20 Å². The summed E-state index contributed by atoms with van der Waals surface area (Å²) in [6.45, 7) is 4.05. The third-order valence-corrected chi connectivity index (χ3v) is 8.07. The molecule has 2 N–H and O–H groups in total. The molecule has 0 spiro atoms. The third kappa shape index (κ3) is 3.41. The van der Waals surface area contributed by atoms with Crippen LogP contribution in [0.3, 0.4) is 0 Å². The van der Waals surface area contributed by atoms with E-state index >= 15 is 0 Å². The Morgan fingerprint density at radius 3 is 2.65 bits per heavy atom. The van der Waals surface area contributed by atoms with E-state index in [9.17, 15) is 13.9 Å². The van der Waals surface area contributed by atoms with Gasteiger partial charge in [-0.3, -0.25) is 0 Å². The van der Waals surface area contributed by atoms with Crippen LogP contribution in [-0.2, 0) is 12.0 Å². The average molecular weight is 506 g/mol. The number of hydrogen-bond donors (Lipinski definition) is 2. The van der Waals surface area contributed by atoms with Gasteiger partial charge in [-0.25, -0.2) is 23.4 Å². The summed E-state index contributed by atoms with van der Waals surface area (Å²) in [6.07, 6.45) is 4.01. The van der Waals surface area contributed by atoms with Gasteiger partial charge in [-0.2, -0.15) is 5.10 Å². The van der Waals surface area contributed by atoms with E-state index in [4.69, 9.17) is 10.1 Å². The number of hydrogen-bond acceptors (Lipinski definition) is 8. The van der Waals surface area contributed by atoms with Gasteiger partial charge in [-0.05, 0) is 54.0 Å². The maximum atomic E-state index is 14.5. The van der Waals surface area contributed by atoms with Gasteiger partial charge in [0.05, 0.1) is 53.5 Å². The first-order chi connectivity index (χ1) is 17.8.